The molecule has 0 unspecified atom stereocenters. The Hall–Kier alpha value is -1.98. The zero-order valence-corrected chi connectivity index (χ0v) is 19.5. The van der Waals surface area contributed by atoms with Gasteiger partial charge in [0.05, 0.1) is 5.75 Å². The largest absolute Gasteiger partial charge is 0.354 e. The molecule has 2 amide bonds. The van der Waals surface area contributed by atoms with Crippen molar-refractivity contribution >= 4 is 35.2 Å². The minimum Gasteiger partial charge on any atom is -0.354 e. The van der Waals surface area contributed by atoms with E-state index in [1.807, 2.05) is 49.4 Å². The van der Waals surface area contributed by atoms with Crippen LogP contribution in [0.15, 0.2) is 54.6 Å². The molecule has 4 nitrogen and oxygen atoms in total. The summed E-state index contributed by atoms with van der Waals surface area (Å²) in [7, 11) is 0. The molecule has 0 aliphatic heterocycles. The van der Waals surface area contributed by atoms with Crippen LogP contribution >= 0.6 is 23.4 Å². The number of thioether (sulfide) groups is 1. The Balaban J connectivity index is 2.10. The Kier molecular flexibility index (Phi) is 10.2. The molecule has 0 bridgehead atoms. The van der Waals surface area contributed by atoms with Crippen molar-refractivity contribution in [2.24, 2.45) is 5.92 Å². The molecule has 2 rings (SSSR count). The lowest BCUT2D eigenvalue weighted by molar-refractivity contribution is -0.139. The predicted molar refractivity (Wildman–Crippen MR) is 127 cm³/mol. The number of nitrogens with one attached hydrogen (secondary N) is 1. The van der Waals surface area contributed by atoms with E-state index >= 15 is 0 Å². The fourth-order valence-corrected chi connectivity index (χ4v) is 4.04. The van der Waals surface area contributed by atoms with Gasteiger partial charge < -0.3 is 10.2 Å². The van der Waals surface area contributed by atoms with E-state index in [0.29, 0.717) is 36.2 Å². The van der Waals surface area contributed by atoms with Gasteiger partial charge in [-0.25, -0.2) is 0 Å². The Morgan fingerprint density at radius 3 is 2.30 bits per heavy atom. The van der Waals surface area contributed by atoms with Crippen molar-refractivity contribution in [1.29, 1.82) is 0 Å². The molecule has 1 atom stereocenters. The lowest BCUT2D eigenvalue weighted by Crippen LogP contribution is -2.50. The van der Waals surface area contributed by atoms with Crippen LogP contribution < -0.4 is 5.32 Å². The van der Waals surface area contributed by atoms with Gasteiger partial charge >= 0.3 is 0 Å². The third-order valence-electron chi connectivity index (χ3n) is 4.67. The molecule has 0 saturated heterocycles. The lowest BCUT2D eigenvalue weighted by Gasteiger charge is -2.31. The van der Waals surface area contributed by atoms with E-state index in [1.165, 1.54) is 5.56 Å². The van der Waals surface area contributed by atoms with Gasteiger partial charge in [0.1, 0.15) is 6.04 Å². The standard InChI is InChI=1S/C24H31ClN2O2S/c1-4-22(24(29)26-14-18(2)3)27(15-19-10-12-21(25)13-11-19)23(28)17-30-16-20-8-6-5-7-9-20/h5-13,18,22H,4,14-17H2,1-3H3,(H,26,29)/t22-/m0/s1. The molecular formula is C24H31ClN2O2S. The van der Waals surface area contributed by atoms with Gasteiger partial charge in [-0.2, -0.15) is 0 Å². The molecule has 0 saturated carbocycles. The summed E-state index contributed by atoms with van der Waals surface area (Å²) in [4.78, 5) is 27.7. The number of nitrogens with zero attached hydrogens (tertiary/aromatic N) is 1. The molecule has 0 fully saturated rings. The third kappa shape index (κ3) is 8.04. The highest BCUT2D eigenvalue weighted by molar-refractivity contribution is 7.99. The van der Waals surface area contributed by atoms with Crippen LogP contribution in [-0.4, -0.2) is 35.1 Å². The van der Waals surface area contributed by atoms with Crippen LogP contribution in [0.3, 0.4) is 0 Å². The average Bonchev–Trinajstić information content (AvgIpc) is 2.74. The van der Waals surface area contributed by atoms with E-state index in [4.69, 9.17) is 11.6 Å². The quantitative estimate of drug-likeness (QED) is 0.519. The van der Waals surface area contributed by atoms with Crippen LogP contribution in [0.2, 0.25) is 5.02 Å². The number of benzene rings is 2. The first-order valence-electron chi connectivity index (χ1n) is 10.3. The maximum absolute atomic E-state index is 13.1. The second kappa shape index (κ2) is 12.7. The maximum atomic E-state index is 13.1. The maximum Gasteiger partial charge on any atom is 0.242 e. The zero-order valence-electron chi connectivity index (χ0n) is 17.9. The smallest absolute Gasteiger partial charge is 0.242 e. The summed E-state index contributed by atoms with van der Waals surface area (Å²) in [5.41, 5.74) is 2.14. The van der Waals surface area contributed by atoms with Gasteiger partial charge in [-0.05, 0) is 35.6 Å². The number of carbonyl (C=O) groups is 2. The Morgan fingerprint density at radius 1 is 1.03 bits per heavy atom. The first-order chi connectivity index (χ1) is 14.4. The minimum atomic E-state index is -0.496. The van der Waals surface area contributed by atoms with Crippen LogP contribution in [0.4, 0.5) is 0 Å². The highest BCUT2D eigenvalue weighted by Crippen LogP contribution is 2.18. The van der Waals surface area contributed by atoms with Crippen molar-refractivity contribution in [3.63, 3.8) is 0 Å². The van der Waals surface area contributed by atoms with E-state index in [-0.39, 0.29) is 11.8 Å². The monoisotopic (exact) mass is 446 g/mol. The van der Waals surface area contributed by atoms with Crippen LogP contribution in [0.25, 0.3) is 0 Å². The van der Waals surface area contributed by atoms with Crippen LogP contribution in [-0.2, 0) is 21.9 Å². The molecule has 0 heterocycles. The number of rotatable bonds is 11. The summed E-state index contributed by atoms with van der Waals surface area (Å²) in [6.07, 6.45) is 0.562. The van der Waals surface area contributed by atoms with Gasteiger partial charge in [-0.1, -0.05) is 74.8 Å². The van der Waals surface area contributed by atoms with Gasteiger partial charge in [0.25, 0.3) is 0 Å². The number of halogens is 1. The molecule has 0 aromatic heterocycles. The summed E-state index contributed by atoms with van der Waals surface area (Å²) in [5, 5.41) is 3.63. The topological polar surface area (TPSA) is 49.4 Å². The third-order valence-corrected chi connectivity index (χ3v) is 5.91. The molecule has 1 N–H and O–H groups in total. The fraction of sp³-hybridized carbons (Fsp3) is 0.417. The van der Waals surface area contributed by atoms with Crippen LogP contribution in [0, 0.1) is 5.92 Å². The van der Waals surface area contributed by atoms with Crippen molar-refractivity contribution < 1.29 is 9.59 Å². The molecule has 2 aromatic rings. The number of hydrogen-bond acceptors (Lipinski definition) is 3. The van der Waals surface area contributed by atoms with Gasteiger partial charge in [0.2, 0.25) is 11.8 Å². The SMILES string of the molecule is CC[C@@H](C(=O)NCC(C)C)N(Cc1ccc(Cl)cc1)C(=O)CSCc1ccccc1. The fourth-order valence-electron chi connectivity index (χ4n) is 3.04. The predicted octanol–water partition coefficient (Wildman–Crippen LogP) is 5.15. The molecule has 30 heavy (non-hydrogen) atoms. The van der Waals surface area contributed by atoms with E-state index in [0.717, 1.165) is 11.3 Å². The van der Waals surface area contributed by atoms with E-state index in [9.17, 15) is 9.59 Å². The average molecular weight is 447 g/mol. The number of amides is 2. The number of carbonyl (C=O) groups excluding carboxylic acids is 2. The molecule has 162 valence electrons. The molecule has 6 heteroatoms. The van der Waals surface area contributed by atoms with Crippen LogP contribution in [0.5, 0.6) is 0 Å². The van der Waals surface area contributed by atoms with Gasteiger partial charge in [0.15, 0.2) is 0 Å². The van der Waals surface area contributed by atoms with Gasteiger partial charge in [0, 0.05) is 23.9 Å². The lowest BCUT2D eigenvalue weighted by atomic mass is 10.1. The van der Waals surface area contributed by atoms with Gasteiger partial charge in [-0.3, -0.25) is 9.59 Å². The number of hydrogen-bond donors (Lipinski definition) is 1. The van der Waals surface area contributed by atoms with Crippen LogP contribution in [0.1, 0.15) is 38.3 Å². The highest BCUT2D eigenvalue weighted by atomic mass is 35.5. The molecule has 0 radical (unpaired) electrons. The van der Waals surface area contributed by atoms with Crippen molar-refractivity contribution in [2.45, 2.75) is 45.5 Å². The van der Waals surface area contributed by atoms with Crippen molar-refractivity contribution in [1.82, 2.24) is 10.2 Å². The molecule has 0 aliphatic rings. The van der Waals surface area contributed by atoms with Crippen molar-refractivity contribution in [3.05, 3.63) is 70.7 Å². The minimum absolute atomic E-state index is 0.0302. The molecule has 0 aliphatic carbocycles. The Labute approximate surface area is 189 Å². The summed E-state index contributed by atoms with van der Waals surface area (Å²) in [5.74, 6) is 1.32. The normalized spacial score (nSPS) is 11.9. The first kappa shape index (κ1) is 24.3. The van der Waals surface area contributed by atoms with E-state index in [1.54, 1.807) is 16.7 Å². The highest BCUT2D eigenvalue weighted by Gasteiger charge is 2.28. The molecular weight excluding hydrogens is 416 g/mol. The molecule has 2 aromatic carbocycles. The van der Waals surface area contributed by atoms with E-state index in [2.05, 4.69) is 31.3 Å². The summed E-state index contributed by atoms with van der Waals surface area (Å²) < 4.78 is 0. The first-order valence-corrected chi connectivity index (χ1v) is 11.9. The van der Waals surface area contributed by atoms with Crippen molar-refractivity contribution in [3.8, 4) is 0 Å². The Morgan fingerprint density at radius 2 is 1.70 bits per heavy atom. The van der Waals surface area contributed by atoms with Crippen molar-refractivity contribution in [2.75, 3.05) is 12.3 Å². The second-order valence-electron chi connectivity index (χ2n) is 7.69. The second-order valence-corrected chi connectivity index (χ2v) is 9.11. The Bertz CT molecular complexity index is 797. The summed E-state index contributed by atoms with van der Waals surface area (Å²) in [6, 6.07) is 17.0. The summed E-state index contributed by atoms with van der Waals surface area (Å²) >= 11 is 7.57. The zero-order chi connectivity index (χ0) is 21.9. The van der Waals surface area contributed by atoms with E-state index < -0.39 is 6.04 Å². The van der Waals surface area contributed by atoms with Gasteiger partial charge in [-0.15, -0.1) is 11.8 Å². The molecule has 0 spiro atoms. The summed E-state index contributed by atoms with van der Waals surface area (Å²) in [6.45, 7) is 7.03.